The maximum absolute atomic E-state index is 12.4. The molecule has 50 heavy (non-hydrogen) atoms. The first-order valence-electron chi connectivity index (χ1n) is 22.2. The average Bonchev–Trinajstić information content (AvgIpc) is 3.12. The summed E-state index contributed by atoms with van der Waals surface area (Å²) >= 11 is 0. The van der Waals surface area contributed by atoms with Gasteiger partial charge in [0.2, 0.25) is 5.91 Å². The van der Waals surface area contributed by atoms with Crippen molar-refractivity contribution < 1.29 is 15.0 Å². The second-order valence-electron chi connectivity index (χ2n) is 15.1. The SMILES string of the molecule is CCCCCCCCCCCCCCC/C=C/CC/C=C/CC/C=C/C(O)C(CO)NC(=O)CCCCCCCCCCCCCCCCC. The molecule has 4 nitrogen and oxygen atoms in total. The summed E-state index contributed by atoms with van der Waals surface area (Å²) in [6.07, 6.45) is 55.4. The quantitative estimate of drug-likeness (QED) is 0.0440. The molecule has 1 amide bonds. The minimum Gasteiger partial charge on any atom is -0.394 e. The number of unbranched alkanes of at least 4 members (excludes halogenated alkanes) is 29. The fourth-order valence-corrected chi connectivity index (χ4v) is 6.68. The highest BCUT2D eigenvalue weighted by molar-refractivity contribution is 5.76. The molecule has 0 radical (unpaired) electrons. The average molecular weight is 702 g/mol. The number of hydrogen-bond donors (Lipinski definition) is 3. The molecule has 0 aromatic carbocycles. The largest absolute Gasteiger partial charge is 0.394 e. The normalized spacial score (nSPS) is 13.3. The van der Waals surface area contributed by atoms with Crippen LogP contribution in [0.25, 0.3) is 0 Å². The fraction of sp³-hybridized carbons (Fsp3) is 0.848. The van der Waals surface area contributed by atoms with Crippen molar-refractivity contribution in [2.45, 2.75) is 244 Å². The maximum Gasteiger partial charge on any atom is 0.220 e. The van der Waals surface area contributed by atoms with Gasteiger partial charge in [0.05, 0.1) is 18.8 Å². The number of aliphatic hydroxyl groups is 2. The number of amides is 1. The summed E-state index contributed by atoms with van der Waals surface area (Å²) < 4.78 is 0. The van der Waals surface area contributed by atoms with Gasteiger partial charge in [-0.15, -0.1) is 0 Å². The third-order valence-corrected chi connectivity index (χ3v) is 10.1. The third kappa shape index (κ3) is 37.9. The Morgan fingerprint density at radius 3 is 1.16 bits per heavy atom. The smallest absolute Gasteiger partial charge is 0.220 e. The minimum absolute atomic E-state index is 0.0764. The number of aliphatic hydroxyl groups excluding tert-OH is 2. The molecular formula is C46H87NO3. The van der Waals surface area contributed by atoms with E-state index in [0.29, 0.717) is 6.42 Å². The summed E-state index contributed by atoms with van der Waals surface area (Å²) in [5.41, 5.74) is 0. The number of nitrogens with one attached hydrogen (secondary N) is 1. The van der Waals surface area contributed by atoms with E-state index >= 15 is 0 Å². The number of hydrogen-bond acceptors (Lipinski definition) is 3. The number of carbonyl (C=O) groups is 1. The van der Waals surface area contributed by atoms with E-state index in [2.05, 4.69) is 43.5 Å². The van der Waals surface area contributed by atoms with Crippen molar-refractivity contribution >= 4 is 5.91 Å². The van der Waals surface area contributed by atoms with Gasteiger partial charge >= 0.3 is 0 Å². The molecule has 2 atom stereocenters. The van der Waals surface area contributed by atoms with Crippen molar-refractivity contribution in [1.82, 2.24) is 5.32 Å². The van der Waals surface area contributed by atoms with Gasteiger partial charge in [-0.2, -0.15) is 0 Å². The summed E-state index contributed by atoms with van der Waals surface area (Å²) in [6, 6.07) is -0.642. The van der Waals surface area contributed by atoms with Gasteiger partial charge in [-0.1, -0.05) is 217 Å². The molecular weight excluding hydrogens is 615 g/mol. The lowest BCUT2D eigenvalue weighted by atomic mass is 10.0. The van der Waals surface area contributed by atoms with Crippen molar-refractivity contribution in [2.75, 3.05) is 6.61 Å². The highest BCUT2D eigenvalue weighted by atomic mass is 16.3. The van der Waals surface area contributed by atoms with Gasteiger partial charge in [0.1, 0.15) is 0 Å². The van der Waals surface area contributed by atoms with Gasteiger partial charge in [-0.25, -0.2) is 0 Å². The molecule has 0 saturated heterocycles. The molecule has 0 aromatic rings. The van der Waals surface area contributed by atoms with Gasteiger partial charge in [-0.3, -0.25) is 4.79 Å². The summed E-state index contributed by atoms with van der Waals surface area (Å²) in [7, 11) is 0. The zero-order valence-electron chi connectivity index (χ0n) is 33.7. The van der Waals surface area contributed by atoms with Crippen LogP contribution in [-0.2, 0) is 4.79 Å². The summed E-state index contributed by atoms with van der Waals surface area (Å²) in [5.74, 6) is -0.0764. The summed E-state index contributed by atoms with van der Waals surface area (Å²) in [5, 5.41) is 23.0. The van der Waals surface area contributed by atoms with E-state index in [1.807, 2.05) is 6.08 Å². The van der Waals surface area contributed by atoms with E-state index in [1.54, 1.807) is 6.08 Å². The number of allylic oxidation sites excluding steroid dienone is 5. The second kappa shape index (κ2) is 42.0. The Bertz CT molecular complexity index is 760. The van der Waals surface area contributed by atoms with Gasteiger partial charge in [-0.05, 0) is 44.9 Å². The van der Waals surface area contributed by atoms with Crippen LogP contribution in [-0.4, -0.2) is 34.9 Å². The molecule has 4 heteroatoms. The maximum atomic E-state index is 12.4. The molecule has 0 bridgehead atoms. The number of carbonyl (C=O) groups excluding carboxylic acids is 1. The molecule has 294 valence electrons. The van der Waals surface area contributed by atoms with Crippen LogP contribution in [0.1, 0.15) is 232 Å². The molecule has 0 heterocycles. The Hall–Kier alpha value is -1.39. The molecule has 2 unspecified atom stereocenters. The summed E-state index contributed by atoms with van der Waals surface area (Å²) in [6.45, 7) is 4.30. The van der Waals surface area contributed by atoms with Crippen LogP contribution in [0.3, 0.4) is 0 Å². The lowest BCUT2D eigenvalue weighted by molar-refractivity contribution is -0.123. The standard InChI is InChI=1S/C46H87NO3/c1-3-5-7-9-11-13-15-17-19-20-21-22-23-24-25-26-28-29-31-33-35-37-39-41-45(49)44(43-48)47-46(50)42-40-38-36-34-32-30-27-18-16-14-12-10-8-6-4-2/h25-26,31,33,39,41,44-45,48-49H,3-24,27-30,32,34-38,40,42-43H2,1-2H3,(H,47,50)/b26-25+,33-31+,41-39+. The second-order valence-corrected chi connectivity index (χ2v) is 15.1. The zero-order valence-corrected chi connectivity index (χ0v) is 33.7. The Balaban J connectivity index is 3.62. The molecule has 0 rings (SSSR count). The van der Waals surface area contributed by atoms with Crippen molar-refractivity contribution in [3.05, 3.63) is 36.5 Å². The van der Waals surface area contributed by atoms with Crippen molar-refractivity contribution in [1.29, 1.82) is 0 Å². The van der Waals surface area contributed by atoms with Crippen LogP contribution < -0.4 is 5.32 Å². The predicted octanol–water partition coefficient (Wildman–Crippen LogP) is 13.8. The minimum atomic E-state index is -0.867. The summed E-state index contributed by atoms with van der Waals surface area (Å²) in [4.78, 5) is 12.4. The Morgan fingerprint density at radius 2 is 0.780 bits per heavy atom. The van der Waals surface area contributed by atoms with Gasteiger partial charge in [0, 0.05) is 6.42 Å². The van der Waals surface area contributed by atoms with E-state index in [0.717, 1.165) is 38.5 Å². The Morgan fingerprint density at radius 1 is 0.460 bits per heavy atom. The molecule has 3 N–H and O–H groups in total. The van der Waals surface area contributed by atoms with Crippen molar-refractivity contribution in [3.8, 4) is 0 Å². The molecule has 0 aliphatic carbocycles. The monoisotopic (exact) mass is 702 g/mol. The van der Waals surface area contributed by atoms with Crippen LogP contribution in [0.2, 0.25) is 0 Å². The predicted molar refractivity (Wildman–Crippen MR) is 221 cm³/mol. The highest BCUT2D eigenvalue weighted by Gasteiger charge is 2.17. The van der Waals surface area contributed by atoms with Crippen LogP contribution in [0, 0.1) is 0 Å². The van der Waals surface area contributed by atoms with E-state index in [-0.39, 0.29) is 12.5 Å². The van der Waals surface area contributed by atoms with Crippen LogP contribution in [0.5, 0.6) is 0 Å². The topological polar surface area (TPSA) is 69.6 Å². The molecule has 0 aliphatic rings. The third-order valence-electron chi connectivity index (χ3n) is 10.1. The number of rotatable bonds is 40. The van der Waals surface area contributed by atoms with Gasteiger partial charge in [0.15, 0.2) is 0 Å². The lowest BCUT2D eigenvalue weighted by Crippen LogP contribution is -2.45. The van der Waals surface area contributed by atoms with Crippen LogP contribution in [0.15, 0.2) is 36.5 Å². The van der Waals surface area contributed by atoms with Crippen LogP contribution >= 0.6 is 0 Å². The Kier molecular flexibility index (Phi) is 40.9. The first-order valence-corrected chi connectivity index (χ1v) is 22.2. The molecule has 0 aliphatic heterocycles. The van der Waals surface area contributed by atoms with Crippen molar-refractivity contribution in [2.24, 2.45) is 0 Å². The fourth-order valence-electron chi connectivity index (χ4n) is 6.68. The molecule has 0 spiro atoms. The van der Waals surface area contributed by atoms with Gasteiger partial charge in [0.25, 0.3) is 0 Å². The highest BCUT2D eigenvalue weighted by Crippen LogP contribution is 2.15. The van der Waals surface area contributed by atoms with E-state index in [4.69, 9.17) is 0 Å². The van der Waals surface area contributed by atoms with Crippen molar-refractivity contribution in [3.63, 3.8) is 0 Å². The van der Waals surface area contributed by atoms with E-state index in [1.165, 1.54) is 173 Å². The first kappa shape index (κ1) is 48.6. The first-order chi connectivity index (χ1) is 24.7. The van der Waals surface area contributed by atoms with Gasteiger partial charge < -0.3 is 15.5 Å². The molecule has 0 fully saturated rings. The van der Waals surface area contributed by atoms with E-state index in [9.17, 15) is 15.0 Å². The van der Waals surface area contributed by atoms with Crippen LogP contribution in [0.4, 0.5) is 0 Å². The molecule has 0 aromatic heterocycles. The van der Waals surface area contributed by atoms with E-state index < -0.39 is 12.1 Å². The Labute approximate surface area is 312 Å². The molecule has 0 saturated carbocycles. The zero-order chi connectivity index (χ0) is 36.4. The lowest BCUT2D eigenvalue weighted by Gasteiger charge is -2.19.